The Kier molecular flexibility index (Phi) is 6.83. The predicted octanol–water partition coefficient (Wildman–Crippen LogP) is 4.27. The van der Waals surface area contributed by atoms with E-state index in [0.29, 0.717) is 40.0 Å². The minimum atomic E-state index is -0.493. The standard InChI is InChI=1S/C22H19ClN2O5/c1-4-8-29-21-17(23)9-14(10-19(21)27-3)13-24-25-22(26)20-12-15-11-16(28-5-2)6-7-18(15)30-20/h1,6-7,9-13H,5,8H2,2-3H3,(H,25,26). The number of amides is 1. The average molecular weight is 427 g/mol. The zero-order valence-corrected chi connectivity index (χ0v) is 17.2. The van der Waals surface area contributed by atoms with Crippen molar-refractivity contribution in [2.24, 2.45) is 5.10 Å². The van der Waals surface area contributed by atoms with Gasteiger partial charge in [-0.05, 0) is 48.9 Å². The Morgan fingerprint density at radius 1 is 1.30 bits per heavy atom. The number of hydrogen-bond acceptors (Lipinski definition) is 6. The van der Waals surface area contributed by atoms with Gasteiger partial charge >= 0.3 is 5.91 Å². The monoisotopic (exact) mass is 426 g/mol. The highest BCUT2D eigenvalue weighted by Gasteiger charge is 2.13. The van der Waals surface area contributed by atoms with Crippen LogP contribution in [0.15, 0.2) is 45.9 Å². The second kappa shape index (κ2) is 9.72. The highest BCUT2D eigenvalue weighted by Crippen LogP contribution is 2.36. The smallest absolute Gasteiger partial charge is 0.307 e. The molecule has 0 aliphatic heterocycles. The van der Waals surface area contributed by atoms with Crippen molar-refractivity contribution in [3.63, 3.8) is 0 Å². The number of terminal acetylenes is 1. The molecule has 0 atom stereocenters. The molecule has 0 spiro atoms. The number of nitrogens with zero attached hydrogens (tertiary/aromatic N) is 1. The van der Waals surface area contributed by atoms with Crippen molar-refractivity contribution in [3.05, 3.63) is 52.7 Å². The van der Waals surface area contributed by atoms with Gasteiger partial charge in [-0.25, -0.2) is 5.43 Å². The SMILES string of the molecule is C#CCOc1c(Cl)cc(C=NNC(=O)c2cc3cc(OCC)ccc3o2)cc1OC. The van der Waals surface area contributed by atoms with E-state index in [4.69, 9.17) is 36.7 Å². The van der Waals surface area contributed by atoms with E-state index in [2.05, 4.69) is 16.4 Å². The zero-order chi connectivity index (χ0) is 21.5. The number of methoxy groups -OCH3 is 1. The van der Waals surface area contributed by atoms with E-state index in [1.54, 1.807) is 36.4 Å². The molecule has 0 bridgehead atoms. The van der Waals surface area contributed by atoms with Gasteiger partial charge in [0.25, 0.3) is 0 Å². The van der Waals surface area contributed by atoms with Crippen LogP contribution < -0.4 is 19.6 Å². The maximum Gasteiger partial charge on any atom is 0.307 e. The molecular weight excluding hydrogens is 408 g/mol. The van der Waals surface area contributed by atoms with Crippen molar-refractivity contribution in [1.29, 1.82) is 0 Å². The molecule has 0 unspecified atom stereocenters. The number of halogens is 1. The Balaban J connectivity index is 1.72. The first-order chi connectivity index (χ1) is 14.5. The molecular formula is C22H19ClN2O5. The van der Waals surface area contributed by atoms with Crippen LogP contribution in [-0.2, 0) is 0 Å². The second-order valence-electron chi connectivity index (χ2n) is 5.97. The van der Waals surface area contributed by atoms with Crippen LogP contribution in [0.2, 0.25) is 5.02 Å². The molecule has 7 nitrogen and oxygen atoms in total. The van der Waals surface area contributed by atoms with E-state index in [1.807, 2.05) is 6.92 Å². The molecule has 1 amide bonds. The van der Waals surface area contributed by atoms with Crippen LogP contribution in [0.5, 0.6) is 17.2 Å². The number of rotatable bonds is 8. The summed E-state index contributed by atoms with van der Waals surface area (Å²) in [5.41, 5.74) is 3.59. The molecule has 3 aromatic rings. The van der Waals surface area contributed by atoms with E-state index >= 15 is 0 Å². The normalized spacial score (nSPS) is 10.7. The molecule has 0 saturated carbocycles. The molecule has 0 aliphatic rings. The predicted molar refractivity (Wildman–Crippen MR) is 115 cm³/mol. The molecule has 1 N–H and O–H groups in total. The Morgan fingerprint density at radius 3 is 2.87 bits per heavy atom. The molecule has 0 fully saturated rings. The molecule has 2 aromatic carbocycles. The summed E-state index contributed by atoms with van der Waals surface area (Å²) >= 11 is 6.22. The number of hydrogen-bond donors (Lipinski definition) is 1. The Labute approximate surface area is 178 Å². The fourth-order valence-electron chi connectivity index (χ4n) is 2.68. The number of fused-ring (bicyclic) bond motifs is 1. The molecule has 0 saturated heterocycles. The third-order valence-electron chi connectivity index (χ3n) is 3.95. The van der Waals surface area contributed by atoms with Crippen LogP contribution in [0.1, 0.15) is 23.0 Å². The number of carbonyl (C=O) groups excluding carboxylic acids is 1. The van der Waals surface area contributed by atoms with Crippen LogP contribution >= 0.6 is 11.6 Å². The lowest BCUT2D eigenvalue weighted by molar-refractivity contribution is 0.0929. The fourth-order valence-corrected chi connectivity index (χ4v) is 2.95. The minimum absolute atomic E-state index is 0.0587. The molecule has 1 aromatic heterocycles. The summed E-state index contributed by atoms with van der Waals surface area (Å²) in [5.74, 6) is 3.44. The van der Waals surface area contributed by atoms with Gasteiger partial charge in [0.1, 0.15) is 17.9 Å². The van der Waals surface area contributed by atoms with Crippen LogP contribution in [0, 0.1) is 12.3 Å². The Bertz CT molecular complexity index is 1130. The van der Waals surface area contributed by atoms with Crippen LogP contribution in [0.3, 0.4) is 0 Å². The van der Waals surface area contributed by atoms with Crippen molar-refractivity contribution in [3.8, 4) is 29.6 Å². The maximum absolute atomic E-state index is 12.3. The van der Waals surface area contributed by atoms with Crippen molar-refractivity contribution in [2.45, 2.75) is 6.92 Å². The Morgan fingerprint density at radius 2 is 2.13 bits per heavy atom. The highest BCUT2D eigenvalue weighted by molar-refractivity contribution is 6.32. The maximum atomic E-state index is 12.3. The number of hydrazone groups is 1. The number of furan rings is 1. The van der Waals surface area contributed by atoms with Crippen LogP contribution in [0.25, 0.3) is 11.0 Å². The highest BCUT2D eigenvalue weighted by atomic mass is 35.5. The van der Waals surface area contributed by atoms with Crippen molar-refractivity contribution in [2.75, 3.05) is 20.3 Å². The number of ether oxygens (including phenoxy) is 3. The summed E-state index contributed by atoms with van der Waals surface area (Å²) in [4.78, 5) is 12.3. The number of benzene rings is 2. The molecule has 3 rings (SSSR count). The summed E-state index contributed by atoms with van der Waals surface area (Å²) in [6, 6.07) is 10.2. The molecule has 0 radical (unpaired) electrons. The second-order valence-corrected chi connectivity index (χ2v) is 6.38. The average Bonchev–Trinajstić information content (AvgIpc) is 3.16. The Hall–Kier alpha value is -3.63. The molecule has 30 heavy (non-hydrogen) atoms. The van der Waals surface area contributed by atoms with Crippen molar-refractivity contribution >= 4 is 34.7 Å². The molecule has 154 valence electrons. The van der Waals surface area contributed by atoms with Gasteiger partial charge in [-0.3, -0.25) is 4.79 Å². The summed E-state index contributed by atoms with van der Waals surface area (Å²) in [7, 11) is 1.48. The van der Waals surface area contributed by atoms with E-state index in [9.17, 15) is 4.79 Å². The van der Waals surface area contributed by atoms with E-state index < -0.39 is 5.91 Å². The number of carbonyl (C=O) groups is 1. The quantitative estimate of drug-likeness (QED) is 0.330. The van der Waals surface area contributed by atoms with Gasteiger partial charge in [0.2, 0.25) is 0 Å². The lowest BCUT2D eigenvalue weighted by atomic mass is 10.2. The van der Waals surface area contributed by atoms with Gasteiger partial charge in [-0.1, -0.05) is 17.5 Å². The summed E-state index contributed by atoms with van der Waals surface area (Å²) < 4.78 is 21.7. The fraction of sp³-hybridized carbons (Fsp3) is 0.182. The first kappa shape index (κ1) is 21.1. The molecule has 8 heteroatoms. The van der Waals surface area contributed by atoms with Gasteiger partial charge in [0.05, 0.1) is 25.0 Å². The third-order valence-corrected chi connectivity index (χ3v) is 4.23. The summed E-state index contributed by atoms with van der Waals surface area (Å²) in [6.45, 7) is 2.51. The van der Waals surface area contributed by atoms with E-state index in [0.717, 1.165) is 5.39 Å². The van der Waals surface area contributed by atoms with Crippen LogP contribution in [-0.4, -0.2) is 32.4 Å². The van der Waals surface area contributed by atoms with Gasteiger partial charge in [-0.15, -0.1) is 6.42 Å². The molecule has 1 heterocycles. The zero-order valence-electron chi connectivity index (χ0n) is 16.4. The van der Waals surface area contributed by atoms with Crippen molar-refractivity contribution < 1.29 is 23.4 Å². The van der Waals surface area contributed by atoms with Crippen molar-refractivity contribution in [1.82, 2.24) is 5.43 Å². The first-order valence-electron chi connectivity index (χ1n) is 8.99. The van der Waals surface area contributed by atoms with E-state index in [-0.39, 0.29) is 12.4 Å². The van der Waals surface area contributed by atoms with Gasteiger partial charge in [0.15, 0.2) is 17.3 Å². The summed E-state index contributed by atoms with van der Waals surface area (Å²) in [5, 5.41) is 5.01. The van der Waals surface area contributed by atoms with Gasteiger partial charge in [0, 0.05) is 5.39 Å². The first-order valence-corrected chi connectivity index (χ1v) is 9.37. The number of nitrogens with one attached hydrogen (secondary N) is 1. The minimum Gasteiger partial charge on any atom is -0.494 e. The lowest BCUT2D eigenvalue weighted by Crippen LogP contribution is -2.16. The molecule has 0 aliphatic carbocycles. The van der Waals surface area contributed by atoms with Crippen LogP contribution in [0.4, 0.5) is 0 Å². The van der Waals surface area contributed by atoms with Gasteiger partial charge < -0.3 is 18.6 Å². The third kappa shape index (κ3) is 4.85. The van der Waals surface area contributed by atoms with E-state index in [1.165, 1.54) is 13.3 Å². The lowest BCUT2D eigenvalue weighted by Gasteiger charge is -2.11. The summed E-state index contributed by atoms with van der Waals surface area (Å²) in [6.07, 6.45) is 6.62. The largest absolute Gasteiger partial charge is 0.494 e. The topological polar surface area (TPSA) is 82.3 Å². The van der Waals surface area contributed by atoms with Gasteiger partial charge in [-0.2, -0.15) is 5.10 Å².